The number of hydrogen-bond donors (Lipinski definition) is 9. The van der Waals surface area contributed by atoms with E-state index in [0.717, 1.165) is 0 Å². The van der Waals surface area contributed by atoms with Gasteiger partial charge in [0, 0.05) is 23.2 Å². The second-order valence-electron chi connectivity index (χ2n) is 10.1. The van der Waals surface area contributed by atoms with Crippen LogP contribution in [0, 0.1) is 0 Å². The van der Waals surface area contributed by atoms with Gasteiger partial charge < -0.3 is 46.6 Å². The van der Waals surface area contributed by atoms with Crippen LogP contribution in [0.4, 0.5) is 0 Å². The number of aliphatic hydroxyl groups excluding tert-OH is 2. The number of aromatic hydroxyl groups is 4. The monoisotopic (exact) mass is 579 g/mol. The summed E-state index contributed by atoms with van der Waals surface area (Å²) in [5.41, 5.74) is 4.35. The smallest absolute Gasteiger partial charge is 0.317 e. The number of phenols is 4. The van der Waals surface area contributed by atoms with Crippen molar-refractivity contribution < 1.29 is 50.4 Å². The van der Waals surface area contributed by atoms with Gasteiger partial charge >= 0.3 is 11.9 Å². The number of para-hydroxylation sites is 2. The normalized spacial score (nSPS) is 15.4. The lowest BCUT2D eigenvalue weighted by Crippen LogP contribution is -2.67. The third kappa shape index (κ3) is 7.57. The average molecular weight is 580 g/mol. The second kappa shape index (κ2) is 14.8. The SMILES string of the molecule is CC(c1cccc(O)c1O)N(CC(=O)O)C(CO)C(CO)(CCCCN)N(CC(=O)O)C(C)c1cccc(O)c1O. The number of phenolic OH excluding ortho intramolecular Hbond substituents is 4. The van der Waals surface area contributed by atoms with E-state index in [2.05, 4.69) is 0 Å². The van der Waals surface area contributed by atoms with Gasteiger partial charge in [-0.25, -0.2) is 0 Å². The topological polar surface area (TPSA) is 228 Å². The first-order valence-corrected chi connectivity index (χ1v) is 13.3. The van der Waals surface area contributed by atoms with E-state index in [0.29, 0.717) is 12.8 Å². The third-order valence-corrected chi connectivity index (χ3v) is 7.68. The standard InChI is InChI=1S/C28H41N3O10/c1-17(19-7-5-9-21(34)26(19)40)30(13-24(36)37)23(15-32)28(16-33,11-3-4-12-29)31(14-25(38)39)18(2)20-8-6-10-22(35)27(20)41/h5-10,17-18,23,32-35,40-41H,3-4,11-16,29H2,1-2H3,(H,36,37)(H,38,39). The summed E-state index contributed by atoms with van der Waals surface area (Å²) < 4.78 is 0. The van der Waals surface area contributed by atoms with Gasteiger partial charge in [0.05, 0.1) is 37.9 Å². The van der Waals surface area contributed by atoms with Gasteiger partial charge in [-0.15, -0.1) is 0 Å². The maximum atomic E-state index is 12.2. The van der Waals surface area contributed by atoms with E-state index in [-0.39, 0.29) is 24.1 Å². The Morgan fingerprint density at radius 1 is 0.829 bits per heavy atom. The summed E-state index contributed by atoms with van der Waals surface area (Å²) in [5.74, 6) is -4.47. The number of carboxylic acids is 2. The molecule has 2 aromatic rings. The van der Waals surface area contributed by atoms with Crippen LogP contribution < -0.4 is 5.73 Å². The van der Waals surface area contributed by atoms with Crippen LogP contribution in [0.2, 0.25) is 0 Å². The number of aliphatic carboxylic acids is 2. The van der Waals surface area contributed by atoms with Gasteiger partial charge in [-0.1, -0.05) is 30.7 Å². The van der Waals surface area contributed by atoms with Gasteiger partial charge in [0.25, 0.3) is 0 Å². The Morgan fingerprint density at radius 2 is 1.34 bits per heavy atom. The quantitative estimate of drug-likeness (QED) is 0.0952. The number of nitrogens with two attached hydrogens (primary N) is 1. The lowest BCUT2D eigenvalue weighted by atomic mass is 9.80. The first-order chi connectivity index (χ1) is 19.4. The number of aliphatic hydroxyl groups is 2. The predicted octanol–water partition coefficient (Wildman–Crippen LogP) is 1.33. The molecule has 0 spiro atoms. The summed E-state index contributed by atoms with van der Waals surface area (Å²) in [5, 5.41) is 83.1. The maximum Gasteiger partial charge on any atom is 0.317 e. The van der Waals surface area contributed by atoms with Crippen LogP contribution in [-0.4, -0.2) is 107 Å². The fraction of sp³-hybridized carbons (Fsp3) is 0.500. The molecule has 0 fully saturated rings. The highest BCUT2D eigenvalue weighted by molar-refractivity contribution is 5.70. The molecular formula is C28H41N3O10. The number of benzene rings is 2. The molecule has 4 atom stereocenters. The number of carbonyl (C=O) groups is 2. The van der Waals surface area contributed by atoms with Gasteiger partial charge in [-0.05, 0) is 45.4 Å². The molecule has 0 aliphatic rings. The van der Waals surface area contributed by atoms with Gasteiger partial charge in [0.1, 0.15) is 0 Å². The summed E-state index contributed by atoms with van der Waals surface area (Å²) >= 11 is 0. The van der Waals surface area contributed by atoms with Crippen LogP contribution in [0.5, 0.6) is 23.0 Å². The molecule has 41 heavy (non-hydrogen) atoms. The van der Waals surface area contributed by atoms with Crippen LogP contribution in [-0.2, 0) is 9.59 Å². The van der Waals surface area contributed by atoms with Crippen molar-refractivity contribution >= 4 is 11.9 Å². The van der Waals surface area contributed by atoms with Crippen molar-refractivity contribution in [1.82, 2.24) is 9.80 Å². The molecule has 0 amide bonds. The van der Waals surface area contributed by atoms with E-state index in [4.69, 9.17) is 5.73 Å². The average Bonchev–Trinajstić information content (AvgIpc) is 2.92. The highest BCUT2D eigenvalue weighted by Gasteiger charge is 2.50. The highest BCUT2D eigenvalue weighted by Crippen LogP contribution is 2.43. The lowest BCUT2D eigenvalue weighted by Gasteiger charge is -2.53. The van der Waals surface area contributed by atoms with E-state index < -0.39 is 84.9 Å². The molecule has 0 saturated carbocycles. The fourth-order valence-electron chi connectivity index (χ4n) is 5.55. The number of unbranched alkanes of at least 4 members (excludes halogenated alkanes) is 1. The molecule has 2 aromatic carbocycles. The van der Waals surface area contributed by atoms with E-state index in [9.17, 15) is 50.4 Å². The van der Waals surface area contributed by atoms with E-state index in [1.165, 1.54) is 46.2 Å². The lowest BCUT2D eigenvalue weighted by molar-refractivity contribution is -0.151. The van der Waals surface area contributed by atoms with Crippen molar-refractivity contribution in [2.75, 3.05) is 32.8 Å². The van der Waals surface area contributed by atoms with Crippen LogP contribution in [0.25, 0.3) is 0 Å². The van der Waals surface area contributed by atoms with Crippen molar-refractivity contribution in [2.24, 2.45) is 5.73 Å². The minimum absolute atomic E-state index is 0.0536. The first kappa shape index (κ1) is 33.6. The van der Waals surface area contributed by atoms with Crippen molar-refractivity contribution in [1.29, 1.82) is 0 Å². The highest BCUT2D eigenvalue weighted by atomic mass is 16.4. The number of hydrogen-bond acceptors (Lipinski definition) is 11. The van der Waals surface area contributed by atoms with Crippen LogP contribution in [0.1, 0.15) is 56.3 Å². The molecule has 0 bridgehead atoms. The maximum absolute atomic E-state index is 12.2. The Balaban J connectivity index is 2.84. The molecule has 13 nitrogen and oxygen atoms in total. The van der Waals surface area contributed by atoms with Gasteiger partial charge in [0.2, 0.25) is 0 Å². The van der Waals surface area contributed by atoms with Gasteiger partial charge in [-0.3, -0.25) is 19.4 Å². The summed E-state index contributed by atoms with van der Waals surface area (Å²) in [4.78, 5) is 27.0. The van der Waals surface area contributed by atoms with Crippen molar-refractivity contribution in [3.8, 4) is 23.0 Å². The first-order valence-electron chi connectivity index (χ1n) is 13.3. The summed E-state index contributed by atoms with van der Waals surface area (Å²) in [6.07, 6.45) is 0.876. The van der Waals surface area contributed by atoms with Crippen LogP contribution in [0.15, 0.2) is 36.4 Å². The molecule has 2 rings (SSSR count). The summed E-state index contributed by atoms with van der Waals surface area (Å²) in [6, 6.07) is 5.20. The van der Waals surface area contributed by atoms with E-state index >= 15 is 0 Å². The molecule has 0 saturated heterocycles. The second-order valence-corrected chi connectivity index (χ2v) is 10.1. The predicted molar refractivity (Wildman–Crippen MR) is 149 cm³/mol. The summed E-state index contributed by atoms with van der Waals surface area (Å²) in [6.45, 7) is 0.526. The summed E-state index contributed by atoms with van der Waals surface area (Å²) in [7, 11) is 0. The number of nitrogens with zero attached hydrogens (tertiary/aromatic N) is 2. The van der Waals surface area contributed by atoms with Crippen molar-refractivity contribution in [3.05, 3.63) is 47.5 Å². The molecule has 0 heterocycles. The minimum Gasteiger partial charge on any atom is -0.504 e. The zero-order valence-corrected chi connectivity index (χ0v) is 23.2. The Morgan fingerprint density at radius 3 is 1.78 bits per heavy atom. The zero-order chi connectivity index (χ0) is 30.9. The Labute approximate surface area is 238 Å². The third-order valence-electron chi connectivity index (χ3n) is 7.68. The molecule has 4 unspecified atom stereocenters. The van der Waals surface area contributed by atoms with Crippen molar-refractivity contribution in [2.45, 2.75) is 56.8 Å². The number of carboxylic acid groups (broad SMARTS) is 2. The molecule has 10 N–H and O–H groups in total. The van der Waals surface area contributed by atoms with Gasteiger partial charge in [0.15, 0.2) is 23.0 Å². The molecule has 13 heteroatoms. The Kier molecular flexibility index (Phi) is 12.2. The Hall–Kier alpha value is -3.62. The molecule has 0 aromatic heterocycles. The molecular weight excluding hydrogens is 538 g/mol. The minimum atomic E-state index is -1.64. The molecule has 228 valence electrons. The van der Waals surface area contributed by atoms with Crippen LogP contribution in [0.3, 0.4) is 0 Å². The molecule has 0 radical (unpaired) electrons. The van der Waals surface area contributed by atoms with Gasteiger partial charge in [-0.2, -0.15) is 0 Å². The molecule has 0 aliphatic carbocycles. The largest absolute Gasteiger partial charge is 0.504 e. The Bertz CT molecular complexity index is 1180. The fourth-order valence-corrected chi connectivity index (χ4v) is 5.55. The van der Waals surface area contributed by atoms with E-state index in [1.807, 2.05) is 0 Å². The van der Waals surface area contributed by atoms with Crippen molar-refractivity contribution in [3.63, 3.8) is 0 Å². The van der Waals surface area contributed by atoms with Crippen LogP contribution >= 0.6 is 0 Å². The number of rotatable bonds is 17. The van der Waals surface area contributed by atoms with E-state index in [1.54, 1.807) is 13.8 Å². The zero-order valence-electron chi connectivity index (χ0n) is 23.2. The molecule has 0 aliphatic heterocycles.